The van der Waals surface area contributed by atoms with E-state index in [1.165, 1.54) is 0 Å². The van der Waals surface area contributed by atoms with Crippen molar-refractivity contribution in [2.24, 2.45) is 5.73 Å². The smallest absolute Gasteiger partial charge is 0.319 e. The van der Waals surface area contributed by atoms with Crippen molar-refractivity contribution in [2.45, 2.75) is 19.5 Å². The van der Waals surface area contributed by atoms with Gasteiger partial charge in [-0.15, -0.1) is 0 Å². The molecule has 2 rings (SSSR count). The molecule has 4 N–H and O–H groups in total. The summed E-state index contributed by atoms with van der Waals surface area (Å²) in [5, 5.41) is 5.70. The summed E-state index contributed by atoms with van der Waals surface area (Å²) >= 11 is 0. The second-order valence-electron chi connectivity index (χ2n) is 4.63. The molecule has 0 spiro atoms. The summed E-state index contributed by atoms with van der Waals surface area (Å²) in [5.41, 5.74) is 8.39. The number of hydrogen-bond donors (Lipinski definition) is 3. The number of nitrogens with two attached hydrogens (primary N) is 1. The molecular formula is C16H19N3O. The Labute approximate surface area is 119 Å². The molecule has 0 fully saturated rings. The number of carbonyl (C=O) groups is 1. The summed E-state index contributed by atoms with van der Waals surface area (Å²) in [6.45, 7) is 2.45. The molecule has 0 aliphatic carbocycles. The monoisotopic (exact) mass is 269 g/mol. The Morgan fingerprint density at radius 2 is 1.75 bits per heavy atom. The van der Waals surface area contributed by atoms with E-state index in [4.69, 9.17) is 5.73 Å². The van der Waals surface area contributed by atoms with Gasteiger partial charge in [-0.05, 0) is 30.2 Å². The second-order valence-corrected chi connectivity index (χ2v) is 4.63. The van der Waals surface area contributed by atoms with Gasteiger partial charge in [0.25, 0.3) is 0 Å². The molecule has 1 atom stereocenters. The maximum atomic E-state index is 11.9. The van der Waals surface area contributed by atoms with E-state index in [1.54, 1.807) is 0 Å². The van der Waals surface area contributed by atoms with E-state index in [2.05, 4.69) is 10.6 Å². The highest BCUT2D eigenvalue weighted by Gasteiger charge is 2.08. The SMILES string of the molecule is CC(NC(=O)Nc1ccc(CN)cc1)c1ccccc1. The van der Waals surface area contributed by atoms with E-state index in [0.717, 1.165) is 16.8 Å². The molecule has 4 heteroatoms. The Kier molecular flexibility index (Phi) is 4.74. The average Bonchev–Trinajstić information content (AvgIpc) is 2.49. The summed E-state index contributed by atoms with van der Waals surface area (Å²) in [5.74, 6) is 0. The molecule has 104 valence electrons. The number of anilines is 1. The van der Waals surface area contributed by atoms with Gasteiger partial charge in [0.1, 0.15) is 0 Å². The number of urea groups is 1. The number of amides is 2. The highest BCUT2D eigenvalue weighted by Crippen LogP contribution is 2.12. The van der Waals surface area contributed by atoms with Crippen molar-refractivity contribution in [1.82, 2.24) is 5.32 Å². The van der Waals surface area contributed by atoms with Gasteiger partial charge in [0.2, 0.25) is 0 Å². The van der Waals surface area contributed by atoms with Crippen LogP contribution in [0.5, 0.6) is 0 Å². The highest BCUT2D eigenvalue weighted by atomic mass is 16.2. The molecular weight excluding hydrogens is 250 g/mol. The minimum absolute atomic E-state index is 0.0421. The second kappa shape index (κ2) is 6.73. The first kappa shape index (κ1) is 14.1. The standard InChI is InChI=1S/C16H19N3O/c1-12(14-5-3-2-4-6-14)18-16(20)19-15-9-7-13(11-17)8-10-15/h2-10,12H,11,17H2,1H3,(H2,18,19,20). The number of hydrogen-bond acceptors (Lipinski definition) is 2. The molecule has 1 unspecified atom stereocenters. The van der Waals surface area contributed by atoms with Crippen molar-refractivity contribution >= 4 is 11.7 Å². The summed E-state index contributed by atoms with van der Waals surface area (Å²) in [4.78, 5) is 11.9. The van der Waals surface area contributed by atoms with E-state index in [0.29, 0.717) is 6.54 Å². The lowest BCUT2D eigenvalue weighted by Gasteiger charge is -2.15. The molecule has 0 radical (unpaired) electrons. The van der Waals surface area contributed by atoms with E-state index < -0.39 is 0 Å². The van der Waals surface area contributed by atoms with Crippen molar-refractivity contribution < 1.29 is 4.79 Å². The fraction of sp³-hybridized carbons (Fsp3) is 0.188. The Hall–Kier alpha value is -2.33. The molecule has 2 aromatic carbocycles. The van der Waals surface area contributed by atoms with Crippen LogP contribution in [0, 0.1) is 0 Å². The summed E-state index contributed by atoms with van der Waals surface area (Å²) in [7, 11) is 0. The van der Waals surface area contributed by atoms with Crippen LogP contribution in [0.2, 0.25) is 0 Å². The highest BCUT2D eigenvalue weighted by molar-refractivity contribution is 5.89. The first-order valence-corrected chi connectivity index (χ1v) is 6.60. The third-order valence-electron chi connectivity index (χ3n) is 3.09. The predicted octanol–water partition coefficient (Wildman–Crippen LogP) is 3.03. The quantitative estimate of drug-likeness (QED) is 0.798. The van der Waals surface area contributed by atoms with Crippen LogP contribution in [0.4, 0.5) is 10.5 Å². The van der Waals surface area contributed by atoms with Crippen molar-refractivity contribution in [3.8, 4) is 0 Å². The first-order chi connectivity index (χ1) is 9.69. The molecule has 20 heavy (non-hydrogen) atoms. The Morgan fingerprint density at radius 1 is 1.10 bits per heavy atom. The van der Waals surface area contributed by atoms with Crippen LogP contribution in [-0.2, 0) is 6.54 Å². The van der Waals surface area contributed by atoms with Crippen molar-refractivity contribution in [2.75, 3.05) is 5.32 Å². The van der Waals surface area contributed by atoms with Crippen LogP contribution in [0.3, 0.4) is 0 Å². The average molecular weight is 269 g/mol. The largest absolute Gasteiger partial charge is 0.331 e. The Morgan fingerprint density at radius 3 is 2.35 bits per heavy atom. The van der Waals surface area contributed by atoms with E-state index in [1.807, 2.05) is 61.5 Å². The van der Waals surface area contributed by atoms with Gasteiger partial charge in [-0.1, -0.05) is 42.5 Å². The zero-order valence-corrected chi connectivity index (χ0v) is 11.5. The fourth-order valence-electron chi connectivity index (χ4n) is 1.91. The molecule has 0 aliphatic rings. The van der Waals surface area contributed by atoms with Crippen molar-refractivity contribution in [3.63, 3.8) is 0 Å². The van der Waals surface area contributed by atoms with Crippen LogP contribution in [0.25, 0.3) is 0 Å². The van der Waals surface area contributed by atoms with Crippen molar-refractivity contribution in [3.05, 3.63) is 65.7 Å². The van der Waals surface area contributed by atoms with Gasteiger partial charge < -0.3 is 16.4 Å². The minimum Gasteiger partial charge on any atom is -0.331 e. The van der Waals surface area contributed by atoms with Crippen LogP contribution < -0.4 is 16.4 Å². The van der Waals surface area contributed by atoms with Crippen LogP contribution in [0.15, 0.2) is 54.6 Å². The predicted molar refractivity (Wildman–Crippen MR) is 81.3 cm³/mol. The van der Waals surface area contributed by atoms with E-state index in [-0.39, 0.29) is 12.1 Å². The number of benzene rings is 2. The van der Waals surface area contributed by atoms with E-state index in [9.17, 15) is 4.79 Å². The third-order valence-corrected chi connectivity index (χ3v) is 3.09. The maximum Gasteiger partial charge on any atom is 0.319 e. The molecule has 0 saturated heterocycles. The molecule has 2 amide bonds. The summed E-state index contributed by atoms with van der Waals surface area (Å²) in [6, 6.07) is 17.1. The van der Waals surface area contributed by atoms with Gasteiger partial charge in [-0.3, -0.25) is 0 Å². The van der Waals surface area contributed by atoms with Gasteiger partial charge in [0, 0.05) is 12.2 Å². The first-order valence-electron chi connectivity index (χ1n) is 6.60. The number of nitrogens with one attached hydrogen (secondary N) is 2. The van der Waals surface area contributed by atoms with Crippen LogP contribution in [0.1, 0.15) is 24.1 Å². The Balaban J connectivity index is 1.91. The fourth-order valence-corrected chi connectivity index (χ4v) is 1.91. The summed E-state index contributed by atoms with van der Waals surface area (Å²) < 4.78 is 0. The lowest BCUT2D eigenvalue weighted by atomic mass is 10.1. The normalized spacial score (nSPS) is 11.7. The molecule has 4 nitrogen and oxygen atoms in total. The number of carbonyl (C=O) groups excluding carboxylic acids is 1. The maximum absolute atomic E-state index is 11.9. The van der Waals surface area contributed by atoms with Crippen LogP contribution in [-0.4, -0.2) is 6.03 Å². The van der Waals surface area contributed by atoms with Gasteiger partial charge >= 0.3 is 6.03 Å². The van der Waals surface area contributed by atoms with Gasteiger partial charge in [0.15, 0.2) is 0 Å². The zero-order valence-electron chi connectivity index (χ0n) is 11.5. The van der Waals surface area contributed by atoms with Gasteiger partial charge in [0.05, 0.1) is 6.04 Å². The molecule has 2 aromatic rings. The zero-order chi connectivity index (χ0) is 14.4. The molecule has 0 aliphatic heterocycles. The van der Waals surface area contributed by atoms with E-state index >= 15 is 0 Å². The van der Waals surface area contributed by atoms with Crippen molar-refractivity contribution in [1.29, 1.82) is 0 Å². The molecule has 0 saturated carbocycles. The lowest BCUT2D eigenvalue weighted by molar-refractivity contribution is 0.249. The number of rotatable bonds is 4. The third kappa shape index (κ3) is 3.83. The van der Waals surface area contributed by atoms with Gasteiger partial charge in [-0.2, -0.15) is 0 Å². The summed E-state index contributed by atoms with van der Waals surface area (Å²) in [6.07, 6.45) is 0. The molecule has 0 bridgehead atoms. The van der Waals surface area contributed by atoms with Crippen LogP contribution >= 0.6 is 0 Å². The topological polar surface area (TPSA) is 67.2 Å². The lowest BCUT2D eigenvalue weighted by Crippen LogP contribution is -2.31. The Bertz CT molecular complexity index is 552. The molecule has 0 aromatic heterocycles. The minimum atomic E-state index is -0.221. The molecule has 0 heterocycles. The van der Waals surface area contributed by atoms with Gasteiger partial charge in [-0.25, -0.2) is 4.79 Å².